The normalized spacial score (nSPS) is 13.2. The molecule has 2 aromatic rings. The molecule has 0 radical (unpaired) electrons. The molecule has 23 heavy (non-hydrogen) atoms. The topological polar surface area (TPSA) is 71.5 Å². The first-order chi connectivity index (χ1) is 11.1. The number of carbonyl (C=O) groups excluding carboxylic acids is 1. The number of rotatable bonds is 7. The van der Waals surface area contributed by atoms with Gasteiger partial charge in [-0.15, -0.1) is 0 Å². The molecule has 5 nitrogen and oxygen atoms in total. The molecular formula is C18H22N2O3. The molecule has 2 unspecified atom stereocenters. The fraction of sp³-hybridized carbons (Fsp3) is 0.333. The molecule has 0 aliphatic heterocycles. The molecule has 0 aliphatic rings. The lowest BCUT2D eigenvalue weighted by Gasteiger charge is -2.21. The number of aromatic nitrogens is 1. The van der Waals surface area contributed by atoms with Crippen LogP contribution in [0.25, 0.3) is 0 Å². The van der Waals surface area contributed by atoms with E-state index in [1.165, 1.54) is 0 Å². The second kappa shape index (κ2) is 8.29. The Balaban J connectivity index is 1.84. The molecule has 2 atom stereocenters. The lowest BCUT2D eigenvalue weighted by molar-refractivity contribution is -0.122. The number of carbonyl (C=O) groups is 1. The highest BCUT2D eigenvalue weighted by Crippen LogP contribution is 2.20. The number of ether oxygens (including phenoxy) is 1. The molecule has 2 rings (SSSR count). The Morgan fingerprint density at radius 1 is 1.22 bits per heavy atom. The van der Waals surface area contributed by atoms with Crippen LogP contribution >= 0.6 is 0 Å². The standard InChI is InChI=1S/C18H22N2O3/c1-13(18(22)15-4-6-16(23-2)7-5-15)20-17(21)8-3-14-9-11-19-12-10-14/h4-7,9-13,18,22H,3,8H2,1-2H3,(H,20,21). The van der Waals surface area contributed by atoms with Gasteiger partial charge in [-0.2, -0.15) is 0 Å². The van der Waals surface area contributed by atoms with Gasteiger partial charge in [-0.3, -0.25) is 9.78 Å². The highest BCUT2D eigenvalue weighted by atomic mass is 16.5. The maximum absolute atomic E-state index is 12.0. The second-order valence-corrected chi connectivity index (χ2v) is 5.43. The molecule has 5 heteroatoms. The van der Waals surface area contributed by atoms with Crippen LogP contribution in [-0.4, -0.2) is 29.1 Å². The summed E-state index contributed by atoms with van der Waals surface area (Å²) >= 11 is 0. The molecule has 0 spiro atoms. The SMILES string of the molecule is COc1ccc(C(O)C(C)NC(=O)CCc2ccncc2)cc1. The summed E-state index contributed by atoms with van der Waals surface area (Å²) in [5.74, 6) is 0.650. The van der Waals surface area contributed by atoms with Gasteiger partial charge in [0.15, 0.2) is 0 Å². The van der Waals surface area contributed by atoms with E-state index in [-0.39, 0.29) is 11.9 Å². The molecule has 1 aromatic heterocycles. The van der Waals surface area contributed by atoms with Gasteiger partial charge >= 0.3 is 0 Å². The first-order valence-corrected chi connectivity index (χ1v) is 7.60. The van der Waals surface area contributed by atoms with E-state index in [1.54, 1.807) is 50.7 Å². The Morgan fingerprint density at radius 2 is 1.87 bits per heavy atom. The summed E-state index contributed by atoms with van der Waals surface area (Å²) in [5, 5.41) is 13.2. The van der Waals surface area contributed by atoms with Gasteiger partial charge in [0.05, 0.1) is 19.3 Å². The number of hydrogen-bond acceptors (Lipinski definition) is 4. The fourth-order valence-electron chi connectivity index (χ4n) is 2.30. The zero-order chi connectivity index (χ0) is 16.7. The van der Waals surface area contributed by atoms with Crippen LogP contribution in [0, 0.1) is 0 Å². The molecule has 0 bridgehead atoms. The van der Waals surface area contributed by atoms with Crippen LogP contribution in [0.15, 0.2) is 48.8 Å². The fourth-order valence-corrected chi connectivity index (χ4v) is 2.30. The minimum absolute atomic E-state index is 0.0816. The summed E-state index contributed by atoms with van der Waals surface area (Å²) in [7, 11) is 1.59. The number of amides is 1. The minimum Gasteiger partial charge on any atom is -0.497 e. The summed E-state index contributed by atoms with van der Waals surface area (Å²) in [6.45, 7) is 1.79. The highest BCUT2D eigenvalue weighted by Gasteiger charge is 2.18. The van der Waals surface area contributed by atoms with Crippen molar-refractivity contribution in [3.8, 4) is 5.75 Å². The first-order valence-electron chi connectivity index (χ1n) is 7.60. The average Bonchev–Trinajstić information content (AvgIpc) is 2.60. The van der Waals surface area contributed by atoms with Crippen LogP contribution in [0.2, 0.25) is 0 Å². The largest absolute Gasteiger partial charge is 0.497 e. The maximum Gasteiger partial charge on any atom is 0.220 e. The molecular weight excluding hydrogens is 292 g/mol. The lowest BCUT2D eigenvalue weighted by Crippen LogP contribution is -2.37. The third-order valence-electron chi connectivity index (χ3n) is 3.71. The van der Waals surface area contributed by atoms with E-state index < -0.39 is 6.10 Å². The van der Waals surface area contributed by atoms with Crippen molar-refractivity contribution in [2.24, 2.45) is 0 Å². The van der Waals surface area contributed by atoms with Gasteiger partial charge in [-0.1, -0.05) is 12.1 Å². The lowest BCUT2D eigenvalue weighted by atomic mass is 10.0. The average molecular weight is 314 g/mol. The monoisotopic (exact) mass is 314 g/mol. The summed E-state index contributed by atoms with van der Waals surface area (Å²) in [6, 6.07) is 10.6. The Labute approximate surface area is 136 Å². The second-order valence-electron chi connectivity index (χ2n) is 5.43. The molecule has 0 saturated carbocycles. The molecule has 2 N–H and O–H groups in total. The van der Waals surface area contributed by atoms with Crippen LogP contribution < -0.4 is 10.1 Å². The highest BCUT2D eigenvalue weighted by molar-refractivity contribution is 5.76. The first kappa shape index (κ1) is 17.0. The van der Waals surface area contributed by atoms with Crippen molar-refractivity contribution >= 4 is 5.91 Å². The van der Waals surface area contributed by atoms with Crippen molar-refractivity contribution in [2.75, 3.05) is 7.11 Å². The number of aryl methyl sites for hydroxylation is 1. The zero-order valence-corrected chi connectivity index (χ0v) is 13.4. The number of pyridine rings is 1. The Bertz CT molecular complexity index is 614. The van der Waals surface area contributed by atoms with E-state index >= 15 is 0 Å². The number of nitrogens with zero attached hydrogens (tertiary/aromatic N) is 1. The third-order valence-corrected chi connectivity index (χ3v) is 3.71. The van der Waals surface area contributed by atoms with Gasteiger partial charge in [0, 0.05) is 18.8 Å². The van der Waals surface area contributed by atoms with Gasteiger partial charge in [0.2, 0.25) is 5.91 Å². The number of methoxy groups -OCH3 is 1. The van der Waals surface area contributed by atoms with Crippen LogP contribution in [0.4, 0.5) is 0 Å². The molecule has 1 amide bonds. The Kier molecular flexibility index (Phi) is 6.11. The number of hydrogen-bond donors (Lipinski definition) is 2. The van der Waals surface area contributed by atoms with Gasteiger partial charge in [-0.05, 0) is 48.7 Å². The number of nitrogens with one attached hydrogen (secondary N) is 1. The van der Waals surface area contributed by atoms with Crippen molar-refractivity contribution in [3.63, 3.8) is 0 Å². The van der Waals surface area contributed by atoms with E-state index in [0.29, 0.717) is 12.8 Å². The minimum atomic E-state index is -0.759. The molecule has 1 heterocycles. The van der Waals surface area contributed by atoms with E-state index in [0.717, 1.165) is 16.9 Å². The third kappa shape index (κ3) is 5.07. The van der Waals surface area contributed by atoms with Crippen LogP contribution in [-0.2, 0) is 11.2 Å². The number of benzene rings is 1. The molecule has 0 aliphatic carbocycles. The summed E-state index contributed by atoms with van der Waals surface area (Å²) in [5.41, 5.74) is 1.81. The Morgan fingerprint density at radius 3 is 2.48 bits per heavy atom. The number of aliphatic hydroxyl groups excluding tert-OH is 1. The molecule has 122 valence electrons. The van der Waals surface area contributed by atoms with Crippen molar-refractivity contribution in [2.45, 2.75) is 31.9 Å². The maximum atomic E-state index is 12.0. The van der Waals surface area contributed by atoms with Gasteiger partial charge < -0.3 is 15.2 Å². The van der Waals surface area contributed by atoms with Crippen LogP contribution in [0.5, 0.6) is 5.75 Å². The van der Waals surface area contributed by atoms with Gasteiger partial charge in [0.1, 0.15) is 5.75 Å². The van der Waals surface area contributed by atoms with E-state index in [9.17, 15) is 9.90 Å². The predicted molar refractivity (Wildman–Crippen MR) is 88.1 cm³/mol. The van der Waals surface area contributed by atoms with E-state index in [4.69, 9.17) is 4.74 Å². The predicted octanol–water partition coefficient (Wildman–Crippen LogP) is 2.26. The van der Waals surface area contributed by atoms with Crippen molar-refractivity contribution in [3.05, 3.63) is 59.9 Å². The van der Waals surface area contributed by atoms with Crippen molar-refractivity contribution in [1.82, 2.24) is 10.3 Å². The van der Waals surface area contributed by atoms with Crippen LogP contribution in [0.3, 0.4) is 0 Å². The summed E-state index contributed by atoms with van der Waals surface area (Å²) in [4.78, 5) is 16.0. The quantitative estimate of drug-likeness (QED) is 0.822. The van der Waals surface area contributed by atoms with Gasteiger partial charge in [-0.25, -0.2) is 0 Å². The summed E-state index contributed by atoms with van der Waals surface area (Å²) < 4.78 is 5.09. The Hall–Kier alpha value is -2.40. The summed E-state index contributed by atoms with van der Waals surface area (Å²) in [6.07, 6.45) is 3.70. The van der Waals surface area contributed by atoms with Crippen molar-refractivity contribution in [1.29, 1.82) is 0 Å². The van der Waals surface area contributed by atoms with E-state index in [2.05, 4.69) is 10.3 Å². The molecule has 1 aromatic carbocycles. The number of aliphatic hydroxyl groups is 1. The van der Waals surface area contributed by atoms with Crippen LogP contribution in [0.1, 0.15) is 30.6 Å². The zero-order valence-electron chi connectivity index (χ0n) is 13.4. The smallest absolute Gasteiger partial charge is 0.220 e. The van der Waals surface area contributed by atoms with Gasteiger partial charge in [0.25, 0.3) is 0 Å². The molecule has 0 saturated heterocycles. The van der Waals surface area contributed by atoms with Crippen molar-refractivity contribution < 1.29 is 14.6 Å². The van der Waals surface area contributed by atoms with E-state index in [1.807, 2.05) is 12.1 Å². The molecule has 0 fully saturated rings.